The molecule has 0 aromatic carbocycles. The number of carboxylic acids is 1. The molecule has 0 bridgehead atoms. The molecule has 4 nitrogen and oxygen atoms in total. The van der Waals surface area contributed by atoms with Crippen LogP contribution in [0.4, 0.5) is 0 Å². The fourth-order valence-corrected chi connectivity index (χ4v) is 7.07. The average Bonchev–Trinajstić information content (AvgIpc) is 3.07. The zero-order valence-electron chi connectivity index (χ0n) is 32.8. The third kappa shape index (κ3) is 39.4. The Balaban J connectivity index is 3.97. The Morgan fingerprint density at radius 1 is 0.375 bits per heavy atom. The number of carbonyl (C=O) groups excluding carboxylic acids is 1. The van der Waals surface area contributed by atoms with Crippen LogP contribution in [0, 0.1) is 0 Å². The minimum Gasteiger partial charge on any atom is -0.481 e. The monoisotopic (exact) mass is 679 g/mol. The normalized spacial score (nSPS) is 12.0. The molecule has 0 aliphatic carbocycles. The highest BCUT2D eigenvalue weighted by molar-refractivity contribution is 5.69. The van der Waals surface area contributed by atoms with Gasteiger partial charge in [-0.15, -0.1) is 0 Å². The molecule has 48 heavy (non-hydrogen) atoms. The number of carboxylic acid groups (broad SMARTS) is 1. The summed E-state index contributed by atoms with van der Waals surface area (Å²) in [6.07, 6.45) is 48.5. The highest BCUT2D eigenvalue weighted by Crippen LogP contribution is 2.20. The first-order chi connectivity index (χ1) is 23.6. The Kier molecular flexibility index (Phi) is 39.5. The van der Waals surface area contributed by atoms with E-state index in [0.717, 1.165) is 51.4 Å². The number of ether oxygens (including phenoxy) is 1. The predicted octanol–water partition coefficient (Wildman–Crippen LogP) is 15.2. The molecule has 0 aromatic heterocycles. The van der Waals surface area contributed by atoms with Gasteiger partial charge in [-0.3, -0.25) is 9.59 Å². The largest absolute Gasteiger partial charge is 0.481 e. The van der Waals surface area contributed by atoms with E-state index in [2.05, 4.69) is 13.8 Å². The minimum absolute atomic E-state index is 0.0365. The molecule has 0 aromatic rings. The van der Waals surface area contributed by atoms with Gasteiger partial charge in [0.1, 0.15) is 6.10 Å². The van der Waals surface area contributed by atoms with E-state index >= 15 is 0 Å². The van der Waals surface area contributed by atoms with E-state index in [1.807, 2.05) is 0 Å². The molecule has 0 fully saturated rings. The lowest BCUT2D eigenvalue weighted by molar-refractivity contribution is -0.150. The average molecular weight is 679 g/mol. The molecule has 1 atom stereocenters. The Labute approximate surface area is 301 Å². The van der Waals surface area contributed by atoms with E-state index in [1.165, 1.54) is 186 Å². The molecule has 0 aliphatic rings. The van der Waals surface area contributed by atoms with Crippen molar-refractivity contribution in [2.75, 3.05) is 0 Å². The number of hydrogen-bond acceptors (Lipinski definition) is 3. The van der Waals surface area contributed by atoms with E-state index in [0.29, 0.717) is 12.8 Å². The number of carbonyl (C=O) groups is 2. The van der Waals surface area contributed by atoms with Crippen LogP contribution in [0.3, 0.4) is 0 Å². The van der Waals surface area contributed by atoms with Crippen LogP contribution in [0.25, 0.3) is 0 Å². The van der Waals surface area contributed by atoms with Gasteiger partial charge >= 0.3 is 11.9 Å². The molecule has 0 rings (SSSR count). The fourth-order valence-electron chi connectivity index (χ4n) is 7.07. The Hall–Kier alpha value is -1.06. The summed E-state index contributed by atoms with van der Waals surface area (Å²) in [6.45, 7) is 4.57. The highest BCUT2D eigenvalue weighted by Gasteiger charge is 2.14. The van der Waals surface area contributed by atoms with Crippen molar-refractivity contribution in [3.63, 3.8) is 0 Å². The van der Waals surface area contributed by atoms with E-state index in [4.69, 9.17) is 9.84 Å². The molecule has 0 aliphatic heterocycles. The maximum atomic E-state index is 12.7. The predicted molar refractivity (Wildman–Crippen MR) is 209 cm³/mol. The first-order valence-corrected chi connectivity index (χ1v) is 22.0. The van der Waals surface area contributed by atoms with Crippen LogP contribution in [-0.4, -0.2) is 23.1 Å². The molecule has 0 amide bonds. The van der Waals surface area contributed by atoms with Crippen LogP contribution in [0.2, 0.25) is 0 Å². The number of aliphatic carboxylic acids is 1. The van der Waals surface area contributed by atoms with Crippen molar-refractivity contribution in [1.29, 1.82) is 0 Å². The van der Waals surface area contributed by atoms with Crippen LogP contribution in [0.5, 0.6) is 0 Å². The molecule has 1 unspecified atom stereocenters. The van der Waals surface area contributed by atoms with Gasteiger partial charge in [0.15, 0.2) is 0 Å². The van der Waals surface area contributed by atoms with Gasteiger partial charge in [0.25, 0.3) is 0 Å². The quantitative estimate of drug-likeness (QED) is 0.0516. The first kappa shape index (κ1) is 46.9. The summed E-state index contributed by atoms with van der Waals surface area (Å²) in [7, 11) is 0. The van der Waals surface area contributed by atoms with Crippen LogP contribution in [0.1, 0.15) is 264 Å². The Bertz CT molecular complexity index is 648. The molecule has 0 saturated carbocycles. The van der Waals surface area contributed by atoms with Gasteiger partial charge < -0.3 is 9.84 Å². The summed E-state index contributed by atoms with van der Waals surface area (Å²) in [5, 5.41) is 8.76. The lowest BCUT2D eigenvalue weighted by atomic mass is 10.0. The van der Waals surface area contributed by atoms with Crippen molar-refractivity contribution in [3.05, 3.63) is 0 Å². The summed E-state index contributed by atoms with van der Waals surface area (Å²) in [6, 6.07) is 0. The highest BCUT2D eigenvalue weighted by atomic mass is 16.5. The number of unbranched alkanes of at least 4 members (excludes halogenated alkanes) is 32. The van der Waals surface area contributed by atoms with Crippen LogP contribution in [-0.2, 0) is 14.3 Å². The van der Waals surface area contributed by atoms with Crippen LogP contribution in [0.15, 0.2) is 0 Å². The maximum Gasteiger partial charge on any atom is 0.306 e. The summed E-state index contributed by atoms with van der Waals surface area (Å²) < 4.78 is 6.07. The van der Waals surface area contributed by atoms with Gasteiger partial charge in [-0.2, -0.15) is 0 Å². The van der Waals surface area contributed by atoms with E-state index in [9.17, 15) is 9.59 Å². The third-order valence-corrected chi connectivity index (χ3v) is 10.3. The maximum absolute atomic E-state index is 12.7. The topological polar surface area (TPSA) is 63.6 Å². The minimum atomic E-state index is -0.678. The number of rotatable bonds is 41. The smallest absolute Gasteiger partial charge is 0.306 e. The Morgan fingerprint density at radius 2 is 0.625 bits per heavy atom. The SMILES string of the molecule is CCCCCCCCCCCCCCCCCCCC(=O)OC(CCCCCCCCCCCC)CCCCCCCCCCC(=O)O. The van der Waals surface area contributed by atoms with E-state index in [-0.39, 0.29) is 12.1 Å². The third-order valence-electron chi connectivity index (χ3n) is 10.3. The van der Waals surface area contributed by atoms with Gasteiger partial charge in [0.05, 0.1) is 0 Å². The molecule has 0 radical (unpaired) electrons. The summed E-state index contributed by atoms with van der Waals surface area (Å²) in [4.78, 5) is 23.4. The zero-order valence-corrected chi connectivity index (χ0v) is 32.8. The standard InChI is InChI=1S/C44H86O4/c1-3-5-7-9-11-13-15-16-17-18-19-20-21-23-29-33-37-41-44(47)48-42(38-34-30-26-22-14-12-10-8-6-4-2)39-35-31-27-24-25-28-32-36-40-43(45)46/h42H,3-41H2,1-2H3,(H,45,46). The van der Waals surface area contributed by atoms with Crippen LogP contribution < -0.4 is 0 Å². The second-order valence-corrected chi connectivity index (χ2v) is 15.3. The van der Waals surface area contributed by atoms with Crippen molar-refractivity contribution >= 4 is 11.9 Å². The number of hydrogen-bond donors (Lipinski definition) is 1. The summed E-state index contributed by atoms with van der Waals surface area (Å²) in [5.41, 5.74) is 0. The van der Waals surface area contributed by atoms with Gasteiger partial charge in [0.2, 0.25) is 0 Å². The van der Waals surface area contributed by atoms with E-state index < -0.39 is 5.97 Å². The van der Waals surface area contributed by atoms with Crippen LogP contribution >= 0.6 is 0 Å². The van der Waals surface area contributed by atoms with Gasteiger partial charge in [0, 0.05) is 12.8 Å². The molecule has 0 heterocycles. The van der Waals surface area contributed by atoms with Gasteiger partial charge in [-0.1, -0.05) is 213 Å². The molecule has 286 valence electrons. The molecular weight excluding hydrogens is 592 g/mol. The first-order valence-electron chi connectivity index (χ1n) is 22.0. The second-order valence-electron chi connectivity index (χ2n) is 15.3. The second kappa shape index (κ2) is 40.4. The lowest BCUT2D eigenvalue weighted by Gasteiger charge is -2.18. The molecular formula is C44H86O4. The van der Waals surface area contributed by atoms with Gasteiger partial charge in [-0.05, 0) is 38.5 Å². The molecule has 0 spiro atoms. The van der Waals surface area contributed by atoms with Crippen molar-refractivity contribution < 1.29 is 19.4 Å². The van der Waals surface area contributed by atoms with Crippen molar-refractivity contribution in [3.8, 4) is 0 Å². The summed E-state index contributed by atoms with van der Waals surface area (Å²) >= 11 is 0. The van der Waals surface area contributed by atoms with Gasteiger partial charge in [-0.25, -0.2) is 0 Å². The zero-order chi connectivity index (χ0) is 35.0. The Morgan fingerprint density at radius 3 is 0.917 bits per heavy atom. The van der Waals surface area contributed by atoms with Crippen molar-refractivity contribution in [2.45, 2.75) is 270 Å². The van der Waals surface area contributed by atoms with E-state index in [1.54, 1.807) is 0 Å². The van der Waals surface area contributed by atoms with Crippen molar-refractivity contribution in [2.24, 2.45) is 0 Å². The fraction of sp³-hybridized carbons (Fsp3) is 0.955. The van der Waals surface area contributed by atoms with Crippen molar-refractivity contribution in [1.82, 2.24) is 0 Å². The number of esters is 1. The molecule has 4 heteroatoms. The molecule has 1 N–H and O–H groups in total. The lowest BCUT2D eigenvalue weighted by Crippen LogP contribution is -2.18. The summed E-state index contributed by atoms with van der Waals surface area (Å²) in [5.74, 6) is -0.641. The molecule has 0 saturated heterocycles.